The van der Waals surface area contributed by atoms with E-state index in [9.17, 15) is 18.0 Å². The number of hydrogen-bond acceptors (Lipinski definition) is 1. The summed E-state index contributed by atoms with van der Waals surface area (Å²) in [6.45, 7) is 0.913. The van der Waals surface area contributed by atoms with Gasteiger partial charge >= 0.3 is 6.18 Å². The molecule has 1 aliphatic heterocycles. The molecule has 21 heavy (non-hydrogen) atoms. The van der Waals surface area contributed by atoms with Crippen LogP contribution < -0.4 is 0 Å². The highest BCUT2D eigenvalue weighted by Gasteiger charge is 2.50. The number of halogens is 3. The summed E-state index contributed by atoms with van der Waals surface area (Å²) in [5, 5.41) is 0. The summed E-state index contributed by atoms with van der Waals surface area (Å²) in [4.78, 5) is 13.8. The van der Waals surface area contributed by atoms with E-state index in [2.05, 4.69) is 0 Å². The summed E-state index contributed by atoms with van der Waals surface area (Å²) in [5.41, 5.74) is 0.374. The first-order valence-electron chi connectivity index (χ1n) is 7.32. The van der Waals surface area contributed by atoms with Crippen LogP contribution in [0.3, 0.4) is 0 Å². The Morgan fingerprint density at radius 3 is 2.10 bits per heavy atom. The van der Waals surface area contributed by atoms with Crippen molar-refractivity contribution in [1.29, 1.82) is 0 Å². The standard InChI is InChI=1S/C16H18F3NO/c17-16(18,19)13(12-4-2-1-3-5-12)14(21)20-10-8-15(6-7-15)9-11-20/h1-5,13H,6-11H2. The second kappa shape index (κ2) is 5.04. The van der Waals surface area contributed by atoms with Gasteiger partial charge < -0.3 is 4.90 Å². The highest BCUT2D eigenvalue weighted by molar-refractivity contribution is 5.84. The first-order valence-corrected chi connectivity index (χ1v) is 7.32. The second-order valence-electron chi connectivity index (χ2n) is 6.21. The number of rotatable bonds is 2. The maximum absolute atomic E-state index is 13.3. The van der Waals surface area contributed by atoms with Crippen LogP contribution in [-0.2, 0) is 4.79 Å². The largest absolute Gasteiger partial charge is 0.404 e. The fourth-order valence-electron chi connectivity index (χ4n) is 3.18. The number of alkyl halides is 3. The minimum atomic E-state index is -4.55. The van der Waals surface area contributed by atoms with E-state index < -0.39 is 18.0 Å². The molecule has 2 nitrogen and oxygen atoms in total. The van der Waals surface area contributed by atoms with E-state index >= 15 is 0 Å². The van der Waals surface area contributed by atoms with Crippen LogP contribution in [-0.4, -0.2) is 30.1 Å². The van der Waals surface area contributed by atoms with Crippen molar-refractivity contribution in [3.63, 3.8) is 0 Å². The average Bonchev–Trinajstić information content (AvgIpc) is 3.19. The van der Waals surface area contributed by atoms with E-state index in [1.807, 2.05) is 0 Å². The number of benzene rings is 1. The Balaban J connectivity index is 1.78. The van der Waals surface area contributed by atoms with E-state index in [1.54, 1.807) is 6.07 Å². The van der Waals surface area contributed by atoms with E-state index in [1.165, 1.54) is 29.2 Å². The average molecular weight is 297 g/mol. The van der Waals surface area contributed by atoms with Crippen molar-refractivity contribution in [3.05, 3.63) is 35.9 Å². The number of amides is 1. The van der Waals surface area contributed by atoms with Gasteiger partial charge in [-0.15, -0.1) is 0 Å². The molecular formula is C16H18F3NO. The van der Waals surface area contributed by atoms with Crippen molar-refractivity contribution in [2.24, 2.45) is 5.41 Å². The van der Waals surface area contributed by atoms with Crippen molar-refractivity contribution < 1.29 is 18.0 Å². The topological polar surface area (TPSA) is 20.3 Å². The predicted molar refractivity (Wildman–Crippen MR) is 72.7 cm³/mol. The van der Waals surface area contributed by atoms with Crippen LogP contribution in [0.25, 0.3) is 0 Å². The molecule has 1 aliphatic carbocycles. The lowest BCUT2D eigenvalue weighted by molar-refractivity contribution is -0.173. The normalized spacial score (nSPS) is 22.1. The van der Waals surface area contributed by atoms with E-state index in [-0.39, 0.29) is 5.56 Å². The number of nitrogens with zero attached hydrogens (tertiary/aromatic N) is 1. The van der Waals surface area contributed by atoms with Gasteiger partial charge in [0.2, 0.25) is 5.91 Å². The minimum absolute atomic E-state index is 0.0294. The van der Waals surface area contributed by atoms with Gasteiger partial charge in [0, 0.05) is 13.1 Å². The third-order valence-corrected chi connectivity index (χ3v) is 4.80. The van der Waals surface area contributed by atoms with Crippen molar-refractivity contribution in [2.75, 3.05) is 13.1 Å². The molecule has 1 aromatic carbocycles. The molecule has 114 valence electrons. The monoisotopic (exact) mass is 297 g/mol. The molecule has 0 radical (unpaired) electrons. The lowest BCUT2D eigenvalue weighted by Crippen LogP contribution is -2.45. The molecule has 1 aromatic rings. The van der Waals surface area contributed by atoms with E-state index in [4.69, 9.17) is 0 Å². The highest BCUT2D eigenvalue weighted by atomic mass is 19.4. The van der Waals surface area contributed by atoms with Crippen LogP contribution in [0.5, 0.6) is 0 Å². The van der Waals surface area contributed by atoms with Crippen molar-refractivity contribution in [3.8, 4) is 0 Å². The Bertz CT molecular complexity index is 512. The molecule has 5 heteroatoms. The van der Waals surface area contributed by atoms with Gasteiger partial charge in [0.1, 0.15) is 0 Å². The molecule has 2 aliphatic rings. The number of carbonyl (C=O) groups is 1. The summed E-state index contributed by atoms with van der Waals surface area (Å²) in [5.74, 6) is -2.84. The van der Waals surface area contributed by atoms with Crippen LogP contribution in [0.15, 0.2) is 30.3 Å². The highest BCUT2D eigenvalue weighted by Crippen LogP contribution is 2.54. The maximum Gasteiger partial charge on any atom is 0.404 e. The predicted octanol–water partition coefficient (Wildman–Crippen LogP) is 3.74. The van der Waals surface area contributed by atoms with Crippen LogP contribution in [0.4, 0.5) is 13.2 Å². The van der Waals surface area contributed by atoms with Crippen LogP contribution in [0.1, 0.15) is 37.2 Å². The summed E-state index contributed by atoms with van der Waals surface area (Å²) in [6.07, 6.45) is -0.532. The van der Waals surface area contributed by atoms with Gasteiger partial charge in [-0.3, -0.25) is 4.79 Å². The zero-order chi connectivity index (χ0) is 15.1. The Labute approximate surface area is 121 Å². The summed E-state index contributed by atoms with van der Waals surface area (Å²) >= 11 is 0. The number of piperidine rings is 1. The molecule has 3 rings (SSSR count). The first-order chi connectivity index (χ1) is 9.91. The van der Waals surface area contributed by atoms with Crippen molar-refractivity contribution in [2.45, 2.75) is 37.8 Å². The molecule has 1 spiro atoms. The zero-order valence-corrected chi connectivity index (χ0v) is 11.7. The van der Waals surface area contributed by atoms with Crippen molar-refractivity contribution >= 4 is 5.91 Å². The third-order valence-electron chi connectivity index (χ3n) is 4.80. The van der Waals surface area contributed by atoms with E-state index in [0.29, 0.717) is 18.5 Å². The minimum Gasteiger partial charge on any atom is -0.342 e. The van der Waals surface area contributed by atoms with Crippen molar-refractivity contribution in [1.82, 2.24) is 4.90 Å². The Morgan fingerprint density at radius 2 is 1.62 bits per heavy atom. The van der Waals surface area contributed by atoms with Gasteiger partial charge in [0.05, 0.1) is 0 Å². The quantitative estimate of drug-likeness (QED) is 0.814. The lowest BCUT2D eigenvalue weighted by atomic mass is 9.91. The van der Waals surface area contributed by atoms with E-state index in [0.717, 1.165) is 25.7 Å². The smallest absolute Gasteiger partial charge is 0.342 e. The van der Waals surface area contributed by atoms with Gasteiger partial charge in [0.25, 0.3) is 0 Å². The Morgan fingerprint density at radius 1 is 1.05 bits per heavy atom. The molecule has 1 amide bonds. The third kappa shape index (κ3) is 2.92. The van der Waals surface area contributed by atoms with Crippen LogP contribution >= 0.6 is 0 Å². The molecule has 1 unspecified atom stereocenters. The summed E-state index contributed by atoms with van der Waals surface area (Å²) in [7, 11) is 0. The zero-order valence-electron chi connectivity index (χ0n) is 11.7. The maximum atomic E-state index is 13.3. The lowest BCUT2D eigenvalue weighted by Gasteiger charge is -2.35. The molecule has 1 atom stereocenters. The SMILES string of the molecule is O=C(C(c1ccccc1)C(F)(F)F)N1CCC2(CC1)CC2. The molecule has 1 saturated heterocycles. The van der Waals surface area contributed by atoms with Gasteiger partial charge in [-0.2, -0.15) is 13.2 Å². The number of likely N-dealkylation sites (tertiary alicyclic amines) is 1. The molecule has 0 bridgehead atoms. The fourth-order valence-corrected chi connectivity index (χ4v) is 3.18. The summed E-state index contributed by atoms with van der Waals surface area (Å²) in [6, 6.07) is 7.48. The molecule has 1 saturated carbocycles. The number of hydrogen-bond donors (Lipinski definition) is 0. The molecular weight excluding hydrogens is 279 g/mol. The Hall–Kier alpha value is -1.52. The molecule has 1 heterocycles. The van der Waals surface area contributed by atoms with Gasteiger partial charge in [-0.25, -0.2) is 0 Å². The summed E-state index contributed by atoms with van der Waals surface area (Å²) < 4.78 is 40.0. The fraction of sp³-hybridized carbons (Fsp3) is 0.562. The van der Waals surface area contributed by atoms with Gasteiger partial charge in [-0.1, -0.05) is 30.3 Å². The molecule has 2 fully saturated rings. The van der Waals surface area contributed by atoms with Crippen LogP contribution in [0.2, 0.25) is 0 Å². The van der Waals surface area contributed by atoms with Gasteiger partial charge in [0.15, 0.2) is 5.92 Å². The second-order valence-corrected chi connectivity index (χ2v) is 6.21. The van der Waals surface area contributed by atoms with Crippen LogP contribution in [0, 0.1) is 5.41 Å². The number of carbonyl (C=O) groups excluding carboxylic acids is 1. The first kappa shape index (κ1) is 14.4. The Kier molecular flexibility index (Phi) is 3.46. The van der Waals surface area contributed by atoms with Gasteiger partial charge in [-0.05, 0) is 36.7 Å². The molecule has 0 aromatic heterocycles. The molecule has 0 N–H and O–H groups in total.